The second kappa shape index (κ2) is 6.82. The van der Waals surface area contributed by atoms with E-state index in [9.17, 15) is 4.79 Å². The maximum absolute atomic E-state index is 11.1. The number of nitrogens with one attached hydrogen (secondary N) is 1. The molecule has 0 aromatic rings. The molecule has 0 aliphatic rings. The molecule has 0 heterocycles. The van der Waals surface area contributed by atoms with Crippen LogP contribution in [0.5, 0.6) is 0 Å². The summed E-state index contributed by atoms with van der Waals surface area (Å²) in [5.74, 6) is 0.461. The molecule has 0 aromatic heterocycles. The number of ether oxygens (including phenoxy) is 1. The van der Waals surface area contributed by atoms with Crippen molar-refractivity contribution in [1.82, 2.24) is 5.32 Å². The monoisotopic (exact) mass is 201 g/mol. The molecule has 0 spiro atoms. The summed E-state index contributed by atoms with van der Waals surface area (Å²) in [5, 5.41) is 3.37. The molecule has 0 saturated heterocycles. The Morgan fingerprint density at radius 3 is 2.29 bits per heavy atom. The quantitative estimate of drug-likeness (QED) is 0.668. The fraction of sp³-hybridized carbons (Fsp3) is 0.909. The van der Waals surface area contributed by atoms with Crippen LogP contribution in [0.2, 0.25) is 0 Å². The van der Waals surface area contributed by atoms with Crippen LogP contribution >= 0.6 is 0 Å². The topological polar surface area (TPSA) is 38.3 Å². The van der Waals surface area contributed by atoms with Crippen LogP contribution in [0, 0.1) is 5.92 Å². The van der Waals surface area contributed by atoms with Gasteiger partial charge in [0, 0.05) is 12.1 Å². The number of carbonyl (C=O) groups excluding carboxylic acids is 1. The van der Waals surface area contributed by atoms with Crippen molar-refractivity contribution < 1.29 is 9.53 Å². The van der Waals surface area contributed by atoms with E-state index in [-0.39, 0.29) is 12.0 Å². The Bertz CT molecular complexity index is 169. The third-order valence-corrected chi connectivity index (χ3v) is 2.33. The first-order chi connectivity index (χ1) is 6.47. The molecule has 0 aliphatic heterocycles. The van der Waals surface area contributed by atoms with Crippen molar-refractivity contribution in [2.45, 2.75) is 53.1 Å². The van der Waals surface area contributed by atoms with Crippen molar-refractivity contribution in [3.8, 4) is 0 Å². The average molecular weight is 201 g/mol. The second-order valence-corrected chi connectivity index (χ2v) is 4.11. The fourth-order valence-corrected chi connectivity index (χ4v) is 1.17. The number of rotatable bonds is 6. The summed E-state index contributed by atoms with van der Waals surface area (Å²) in [4.78, 5) is 11.1. The van der Waals surface area contributed by atoms with Crippen LogP contribution in [-0.2, 0) is 9.53 Å². The molecule has 0 amide bonds. The van der Waals surface area contributed by atoms with E-state index in [0.29, 0.717) is 25.0 Å². The van der Waals surface area contributed by atoms with Gasteiger partial charge in [0.05, 0.1) is 13.0 Å². The second-order valence-electron chi connectivity index (χ2n) is 4.11. The maximum Gasteiger partial charge on any atom is 0.307 e. The van der Waals surface area contributed by atoms with Crippen molar-refractivity contribution in [1.29, 1.82) is 0 Å². The number of hydrogen-bond donors (Lipinski definition) is 1. The maximum atomic E-state index is 11.1. The third kappa shape index (κ3) is 5.97. The zero-order valence-electron chi connectivity index (χ0n) is 9.96. The summed E-state index contributed by atoms with van der Waals surface area (Å²) < 4.78 is 4.88. The molecule has 1 N–H and O–H groups in total. The lowest BCUT2D eigenvalue weighted by molar-refractivity contribution is -0.143. The van der Waals surface area contributed by atoms with Crippen molar-refractivity contribution >= 4 is 5.97 Å². The summed E-state index contributed by atoms with van der Waals surface area (Å²) in [6, 6.07) is 0.617. The van der Waals surface area contributed by atoms with Gasteiger partial charge in [-0.05, 0) is 26.7 Å². The summed E-state index contributed by atoms with van der Waals surface area (Å²) in [6.45, 7) is 10.8. The first-order valence-corrected chi connectivity index (χ1v) is 5.39. The van der Waals surface area contributed by atoms with Gasteiger partial charge in [-0.2, -0.15) is 0 Å². The number of esters is 1. The smallest absolute Gasteiger partial charge is 0.307 e. The van der Waals surface area contributed by atoms with E-state index in [2.05, 4.69) is 26.1 Å². The SMILES string of the molecule is CCOC(=O)CC(C)NC(C)C(C)C. The number of carbonyl (C=O) groups is 1. The van der Waals surface area contributed by atoms with Crippen LogP contribution in [0.1, 0.15) is 41.0 Å². The van der Waals surface area contributed by atoms with Gasteiger partial charge in [0.1, 0.15) is 0 Å². The molecule has 3 nitrogen and oxygen atoms in total. The highest BCUT2D eigenvalue weighted by molar-refractivity contribution is 5.69. The standard InChI is InChI=1S/C11H23NO2/c1-6-14-11(13)7-9(4)12-10(5)8(2)3/h8-10,12H,6-7H2,1-5H3. The first-order valence-electron chi connectivity index (χ1n) is 5.39. The highest BCUT2D eigenvalue weighted by atomic mass is 16.5. The lowest BCUT2D eigenvalue weighted by atomic mass is 10.1. The van der Waals surface area contributed by atoms with E-state index in [0.717, 1.165) is 0 Å². The minimum Gasteiger partial charge on any atom is -0.466 e. The minimum absolute atomic E-state index is 0.122. The molecule has 0 fully saturated rings. The van der Waals surface area contributed by atoms with Crippen LogP contribution in [0.3, 0.4) is 0 Å². The van der Waals surface area contributed by atoms with Gasteiger partial charge in [-0.15, -0.1) is 0 Å². The molecule has 0 saturated carbocycles. The zero-order chi connectivity index (χ0) is 11.1. The molecule has 14 heavy (non-hydrogen) atoms. The fourth-order valence-electron chi connectivity index (χ4n) is 1.17. The highest BCUT2D eigenvalue weighted by Gasteiger charge is 2.13. The van der Waals surface area contributed by atoms with E-state index in [1.807, 2.05) is 13.8 Å². The largest absolute Gasteiger partial charge is 0.466 e. The van der Waals surface area contributed by atoms with Crippen molar-refractivity contribution in [2.24, 2.45) is 5.92 Å². The predicted octanol–water partition coefficient (Wildman–Crippen LogP) is 1.96. The Balaban J connectivity index is 3.74. The lowest BCUT2D eigenvalue weighted by Crippen LogP contribution is -2.39. The first kappa shape index (κ1) is 13.4. The average Bonchev–Trinajstić information content (AvgIpc) is 2.03. The lowest BCUT2D eigenvalue weighted by Gasteiger charge is -2.22. The van der Waals surface area contributed by atoms with E-state index in [1.165, 1.54) is 0 Å². The van der Waals surface area contributed by atoms with Crippen LogP contribution < -0.4 is 5.32 Å². The normalized spacial score (nSPS) is 15.3. The van der Waals surface area contributed by atoms with Crippen LogP contribution in [0.15, 0.2) is 0 Å². The minimum atomic E-state index is -0.122. The summed E-state index contributed by atoms with van der Waals surface area (Å²) in [5.41, 5.74) is 0. The molecule has 0 bridgehead atoms. The molecule has 3 heteroatoms. The van der Waals surface area contributed by atoms with Gasteiger partial charge < -0.3 is 10.1 Å². The third-order valence-electron chi connectivity index (χ3n) is 2.33. The molecule has 0 aromatic carbocycles. The summed E-state index contributed by atoms with van der Waals surface area (Å²) in [7, 11) is 0. The van der Waals surface area contributed by atoms with Crippen molar-refractivity contribution in [3.05, 3.63) is 0 Å². The Labute approximate surface area is 87.2 Å². The Hall–Kier alpha value is -0.570. The van der Waals surface area contributed by atoms with Gasteiger partial charge in [0.2, 0.25) is 0 Å². The van der Waals surface area contributed by atoms with Crippen molar-refractivity contribution in [2.75, 3.05) is 6.61 Å². The Kier molecular flexibility index (Phi) is 6.54. The molecular formula is C11H23NO2. The van der Waals surface area contributed by atoms with Gasteiger partial charge in [-0.3, -0.25) is 4.79 Å². The Morgan fingerprint density at radius 1 is 1.29 bits per heavy atom. The van der Waals surface area contributed by atoms with Gasteiger partial charge in [0.25, 0.3) is 0 Å². The summed E-state index contributed by atoms with van der Waals surface area (Å²) >= 11 is 0. The van der Waals surface area contributed by atoms with E-state index >= 15 is 0 Å². The van der Waals surface area contributed by atoms with Gasteiger partial charge in [-0.25, -0.2) is 0 Å². The van der Waals surface area contributed by atoms with E-state index in [1.54, 1.807) is 0 Å². The summed E-state index contributed by atoms with van der Waals surface area (Å²) in [6.07, 6.45) is 0.449. The van der Waals surface area contributed by atoms with E-state index < -0.39 is 0 Å². The number of hydrogen-bond acceptors (Lipinski definition) is 3. The molecule has 2 unspecified atom stereocenters. The van der Waals surface area contributed by atoms with Gasteiger partial charge >= 0.3 is 5.97 Å². The van der Waals surface area contributed by atoms with E-state index in [4.69, 9.17) is 4.74 Å². The molecule has 0 rings (SSSR count). The van der Waals surface area contributed by atoms with Crippen molar-refractivity contribution in [3.63, 3.8) is 0 Å². The predicted molar refractivity (Wildman–Crippen MR) is 58.1 cm³/mol. The van der Waals surface area contributed by atoms with Crippen LogP contribution in [-0.4, -0.2) is 24.7 Å². The van der Waals surface area contributed by atoms with Crippen LogP contribution in [0.4, 0.5) is 0 Å². The zero-order valence-corrected chi connectivity index (χ0v) is 9.96. The highest BCUT2D eigenvalue weighted by Crippen LogP contribution is 2.03. The molecule has 2 atom stereocenters. The molecule has 84 valence electrons. The Morgan fingerprint density at radius 2 is 1.86 bits per heavy atom. The van der Waals surface area contributed by atoms with Gasteiger partial charge in [0.15, 0.2) is 0 Å². The van der Waals surface area contributed by atoms with Gasteiger partial charge in [-0.1, -0.05) is 13.8 Å². The molecular weight excluding hydrogens is 178 g/mol. The van der Waals surface area contributed by atoms with Crippen LogP contribution in [0.25, 0.3) is 0 Å². The molecule has 0 aliphatic carbocycles. The molecule has 0 radical (unpaired) electrons.